The maximum atomic E-state index is 11.9. The molecule has 1 aliphatic heterocycles. The van der Waals surface area contributed by atoms with Gasteiger partial charge in [0.25, 0.3) is 5.91 Å². The van der Waals surface area contributed by atoms with E-state index < -0.39 is 0 Å². The van der Waals surface area contributed by atoms with Crippen molar-refractivity contribution < 1.29 is 9.90 Å². The molecule has 1 atom stereocenters. The summed E-state index contributed by atoms with van der Waals surface area (Å²) in [5.74, 6) is 0.0585. The summed E-state index contributed by atoms with van der Waals surface area (Å²) in [6, 6.07) is 6.48. The Morgan fingerprint density at radius 2 is 2.25 bits per heavy atom. The Morgan fingerprint density at radius 1 is 1.50 bits per heavy atom. The topological polar surface area (TPSA) is 66.6 Å². The molecule has 1 amide bonds. The smallest absolute Gasteiger partial charge is 0.254 e. The molecule has 1 saturated heterocycles. The predicted molar refractivity (Wildman–Crippen MR) is 63.9 cm³/mol. The molecule has 0 radical (unpaired) electrons. The fourth-order valence-electron chi connectivity index (χ4n) is 1.79. The number of benzene rings is 1. The summed E-state index contributed by atoms with van der Waals surface area (Å²) in [5.41, 5.74) is 6.25. The summed E-state index contributed by atoms with van der Waals surface area (Å²) in [6.45, 7) is 1.31. The summed E-state index contributed by atoms with van der Waals surface area (Å²) in [5, 5.41) is 9.26. The van der Waals surface area contributed by atoms with Gasteiger partial charge in [0.15, 0.2) is 0 Å². The molecule has 1 aromatic rings. The number of phenolic OH excluding ortho intramolecular Hbond substituents is 1. The van der Waals surface area contributed by atoms with Gasteiger partial charge in [-0.25, -0.2) is 0 Å². The van der Waals surface area contributed by atoms with Crippen LogP contribution in [0.5, 0.6) is 5.75 Å². The van der Waals surface area contributed by atoms with E-state index >= 15 is 0 Å². The number of halogens is 1. The normalized spacial score (nSPS) is 19.3. The fourth-order valence-corrected chi connectivity index (χ4v) is 1.79. The molecular formula is C11H15ClN2O2. The minimum atomic E-state index is -0.0566. The maximum absolute atomic E-state index is 11.9. The van der Waals surface area contributed by atoms with Gasteiger partial charge in [-0.2, -0.15) is 0 Å². The minimum Gasteiger partial charge on any atom is -0.508 e. The number of carbonyl (C=O) groups excluding carboxylic acids is 1. The number of nitrogens with two attached hydrogens (primary N) is 1. The molecular weight excluding hydrogens is 228 g/mol. The lowest BCUT2D eigenvalue weighted by Gasteiger charge is -2.15. The molecule has 0 unspecified atom stereocenters. The van der Waals surface area contributed by atoms with Crippen molar-refractivity contribution in [1.29, 1.82) is 0 Å². The molecule has 2 rings (SSSR count). The Labute approximate surface area is 100 Å². The van der Waals surface area contributed by atoms with Crippen molar-refractivity contribution in [3.63, 3.8) is 0 Å². The highest BCUT2D eigenvalue weighted by Crippen LogP contribution is 2.16. The average Bonchev–Trinajstić information content (AvgIpc) is 2.64. The second-order valence-corrected chi connectivity index (χ2v) is 3.85. The number of phenols is 1. The number of nitrogens with zero attached hydrogens (tertiary/aromatic N) is 1. The number of hydrogen-bond acceptors (Lipinski definition) is 3. The molecule has 4 nitrogen and oxygen atoms in total. The molecule has 0 saturated carbocycles. The molecule has 1 aromatic carbocycles. The third-order valence-electron chi connectivity index (χ3n) is 2.61. The van der Waals surface area contributed by atoms with Crippen LogP contribution in [0.3, 0.4) is 0 Å². The van der Waals surface area contributed by atoms with Gasteiger partial charge >= 0.3 is 0 Å². The monoisotopic (exact) mass is 242 g/mol. The van der Waals surface area contributed by atoms with Crippen molar-refractivity contribution >= 4 is 18.3 Å². The lowest BCUT2D eigenvalue weighted by molar-refractivity contribution is 0.0790. The standard InChI is InChI=1S/C11H14N2O2.ClH/c12-9-4-5-13(7-9)11(15)8-2-1-3-10(14)6-8;/h1-3,6,9,14H,4-5,7,12H2;1H/t9-;/m1./s1. The van der Waals surface area contributed by atoms with Crippen LogP contribution in [0.4, 0.5) is 0 Å². The second-order valence-electron chi connectivity index (χ2n) is 3.85. The zero-order chi connectivity index (χ0) is 10.8. The zero-order valence-corrected chi connectivity index (χ0v) is 9.61. The lowest BCUT2D eigenvalue weighted by Crippen LogP contribution is -2.31. The van der Waals surface area contributed by atoms with Crippen molar-refractivity contribution in [3.8, 4) is 5.75 Å². The van der Waals surface area contributed by atoms with Gasteiger partial charge in [0.1, 0.15) is 5.75 Å². The van der Waals surface area contributed by atoms with Crippen molar-refractivity contribution in [1.82, 2.24) is 4.90 Å². The molecule has 0 aliphatic carbocycles. The number of carbonyl (C=O) groups is 1. The molecule has 16 heavy (non-hydrogen) atoms. The molecule has 1 heterocycles. The number of aromatic hydroxyl groups is 1. The molecule has 88 valence electrons. The Morgan fingerprint density at radius 3 is 2.81 bits per heavy atom. The van der Waals surface area contributed by atoms with E-state index in [2.05, 4.69) is 0 Å². The van der Waals surface area contributed by atoms with Gasteiger partial charge in [-0.1, -0.05) is 6.07 Å². The molecule has 0 spiro atoms. The quantitative estimate of drug-likeness (QED) is 0.772. The summed E-state index contributed by atoms with van der Waals surface area (Å²) in [4.78, 5) is 13.6. The summed E-state index contributed by atoms with van der Waals surface area (Å²) >= 11 is 0. The molecule has 5 heteroatoms. The van der Waals surface area contributed by atoms with Crippen LogP contribution >= 0.6 is 12.4 Å². The Balaban J connectivity index is 0.00000128. The van der Waals surface area contributed by atoms with E-state index in [1.165, 1.54) is 6.07 Å². The average molecular weight is 243 g/mol. The van der Waals surface area contributed by atoms with Crippen molar-refractivity contribution in [2.75, 3.05) is 13.1 Å². The van der Waals surface area contributed by atoms with E-state index in [1.54, 1.807) is 23.1 Å². The van der Waals surface area contributed by atoms with Crippen molar-refractivity contribution in [3.05, 3.63) is 29.8 Å². The second kappa shape index (κ2) is 5.18. The van der Waals surface area contributed by atoms with Crippen LogP contribution < -0.4 is 5.73 Å². The third kappa shape index (κ3) is 2.65. The first-order valence-corrected chi connectivity index (χ1v) is 5.00. The Hall–Kier alpha value is -1.26. The number of hydrogen-bond donors (Lipinski definition) is 2. The van der Waals surface area contributed by atoms with E-state index in [-0.39, 0.29) is 30.1 Å². The Kier molecular flexibility index (Phi) is 4.15. The van der Waals surface area contributed by atoms with E-state index in [0.717, 1.165) is 6.42 Å². The maximum Gasteiger partial charge on any atom is 0.254 e. The van der Waals surface area contributed by atoms with Crippen LogP contribution in [-0.2, 0) is 0 Å². The van der Waals surface area contributed by atoms with E-state index in [4.69, 9.17) is 5.73 Å². The van der Waals surface area contributed by atoms with Crippen LogP contribution in [0.25, 0.3) is 0 Å². The first-order chi connectivity index (χ1) is 7.16. The van der Waals surface area contributed by atoms with Gasteiger partial charge in [0.05, 0.1) is 0 Å². The number of amides is 1. The SMILES string of the molecule is Cl.N[C@@H]1CCN(C(=O)c2cccc(O)c2)C1. The van der Waals surface area contributed by atoms with Crippen LogP contribution in [0.15, 0.2) is 24.3 Å². The molecule has 0 aromatic heterocycles. The largest absolute Gasteiger partial charge is 0.508 e. The highest BCUT2D eigenvalue weighted by Gasteiger charge is 2.24. The highest BCUT2D eigenvalue weighted by molar-refractivity contribution is 5.94. The number of rotatable bonds is 1. The van der Waals surface area contributed by atoms with Crippen LogP contribution in [-0.4, -0.2) is 35.0 Å². The molecule has 1 aliphatic rings. The van der Waals surface area contributed by atoms with E-state index in [1.807, 2.05) is 0 Å². The summed E-state index contributed by atoms with van der Waals surface area (Å²) in [7, 11) is 0. The van der Waals surface area contributed by atoms with Crippen molar-refractivity contribution in [2.45, 2.75) is 12.5 Å². The van der Waals surface area contributed by atoms with Gasteiger partial charge in [0, 0.05) is 24.7 Å². The summed E-state index contributed by atoms with van der Waals surface area (Å²) in [6.07, 6.45) is 0.852. The molecule has 1 fully saturated rings. The third-order valence-corrected chi connectivity index (χ3v) is 2.61. The van der Waals surface area contributed by atoms with Crippen LogP contribution in [0, 0.1) is 0 Å². The predicted octanol–water partition coefficient (Wildman–Crippen LogP) is 0.987. The molecule has 3 N–H and O–H groups in total. The highest BCUT2D eigenvalue weighted by atomic mass is 35.5. The van der Waals surface area contributed by atoms with Gasteiger partial charge < -0.3 is 15.7 Å². The molecule has 0 bridgehead atoms. The van der Waals surface area contributed by atoms with E-state index in [0.29, 0.717) is 18.7 Å². The first kappa shape index (κ1) is 12.8. The van der Waals surface area contributed by atoms with E-state index in [9.17, 15) is 9.90 Å². The zero-order valence-electron chi connectivity index (χ0n) is 8.80. The lowest BCUT2D eigenvalue weighted by atomic mass is 10.2. The van der Waals surface area contributed by atoms with Gasteiger partial charge in [-0.05, 0) is 24.6 Å². The fraction of sp³-hybridized carbons (Fsp3) is 0.364. The minimum absolute atomic E-state index is 0. The summed E-state index contributed by atoms with van der Waals surface area (Å²) < 4.78 is 0. The van der Waals surface area contributed by atoms with Gasteiger partial charge in [-0.3, -0.25) is 4.79 Å². The van der Waals surface area contributed by atoms with Crippen LogP contribution in [0.2, 0.25) is 0 Å². The van der Waals surface area contributed by atoms with Gasteiger partial charge in [-0.15, -0.1) is 12.4 Å². The van der Waals surface area contributed by atoms with Crippen LogP contribution in [0.1, 0.15) is 16.8 Å². The van der Waals surface area contributed by atoms with Gasteiger partial charge in [0.2, 0.25) is 0 Å². The van der Waals surface area contributed by atoms with Crippen molar-refractivity contribution in [2.24, 2.45) is 5.73 Å². The first-order valence-electron chi connectivity index (χ1n) is 5.00. The Bertz CT molecular complexity index is 384. The number of likely N-dealkylation sites (tertiary alicyclic amines) is 1.